The number of aromatic nitrogens is 3. The minimum atomic E-state index is -0.390. The first kappa shape index (κ1) is 10.1. The van der Waals surface area contributed by atoms with Crippen LogP contribution in [-0.4, -0.2) is 13.9 Å². The van der Waals surface area contributed by atoms with E-state index >= 15 is 0 Å². The Bertz CT molecular complexity index is 608. The number of rotatable bonds is 2. The molecule has 5 nitrogen and oxygen atoms in total. The van der Waals surface area contributed by atoms with E-state index in [-0.39, 0.29) is 11.2 Å². The van der Waals surface area contributed by atoms with Gasteiger partial charge in [-0.25, -0.2) is 4.79 Å². The molecule has 0 saturated carbocycles. The average molecular weight is 225 g/mol. The molecule has 15 heavy (non-hydrogen) atoms. The van der Waals surface area contributed by atoms with Crippen LogP contribution in [0.15, 0.2) is 9.59 Å². The lowest BCUT2D eigenvalue weighted by atomic mass is 10.2. The molecule has 0 atom stereocenters. The lowest BCUT2D eigenvalue weighted by molar-refractivity contribution is 0.792. The van der Waals surface area contributed by atoms with Gasteiger partial charge in [0.2, 0.25) is 0 Å². The molecule has 0 aliphatic rings. The van der Waals surface area contributed by atoms with Crippen LogP contribution in [0.1, 0.15) is 19.0 Å². The normalized spacial score (nSPS) is 11.1. The molecule has 2 rings (SSSR count). The molecular weight excluding hydrogens is 214 g/mol. The number of hydrogen-bond donors (Lipinski definition) is 1. The van der Waals surface area contributed by atoms with Crippen molar-refractivity contribution in [2.24, 2.45) is 7.05 Å². The fourth-order valence-electron chi connectivity index (χ4n) is 1.48. The molecular formula is C9H11N3O2S. The van der Waals surface area contributed by atoms with Crippen LogP contribution in [0.5, 0.6) is 0 Å². The number of nitrogens with zero attached hydrogens (tertiary/aromatic N) is 2. The third-order valence-corrected chi connectivity index (χ3v) is 3.09. The third kappa shape index (κ3) is 1.50. The summed E-state index contributed by atoms with van der Waals surface area (Å²) in [5.74, 6) is 0. The second kappa shape index (κ2) is 3.62. The van der Waals surface area contributed by atoms with Gasteiger partial charge in [0, 0.05) is 7.05 Å². The maximum absolute atomic E-state index is 11.8. The van der Waals surface area contributed by atoms with Gasteiger partial charge in [0.15, 0.2) is 0 Å². The minimum Gasteiger partial charge on any atom is -0.297 e. The van der Waals surface area contributed by atoms with Gasteiger partial charge in [0.05, 0.1) is 11.1 Å². The van der Waals surface area contributed by atoms with Crippen molar-refractivity contribution in [2.75, 3.05) is 0 Å². The highest BCUT2D eigenvalue weighted by molar-refractivity contribution is 7.12. The maximum atomic E-state index is 11.8. The molecule has 80 valence electrons. The summed E-state index contributed by atoms with van der Waals surface area (Å²) >= 11 is 1.17. The third-order valence-electron chi connectivity index (χ3n) is 2.29. The first-order chi connectivity index (χ1) is 7.15. The molecule has 0 aromatic carbocycles. The van der Waals surface area contributed by atoms with Crippen LogP contribution in [0.2, 0.25) is 0 Å². The fourth-order valence-corrected chi connectivity index (χ4v) is 2.29. The number of H-pyrrole nitrogens is 1. The van der Waals surface area contributed by atoms with Gasteiger partial charge in [0.25, 0.3) is 5.56 Å². The molecule has 0 saturated heterocycles. The second-order valence-corrected chi connectivity index (χ2v) is 4.15. The topological polar surface area (TPSA) is 67.8 Å². The summed E-state index contributed by atoms with van der Waals surface area (Å²) in [6, 6.07) is 0. The molecule has 2 aromatic rings. The summed E-state index contributed by atoms with van der Waals surface area (Å²) in [5.41, 5.74) is 0.138. The van der Waals surface area contributed by atoms with Crippen LogP contribution in [-0.2, 0) is 13.5 Å². The summed E-state index contributed by atoms with van der Waals surface area (Å²) in [7, 11) is 1.47. The van der Waals surface area contributed by atoms with E-state index in [1.165, 1.54) is 18.6 Å². The zero-order chi connectivity index (χ0) is 11.0. The van der Waals surface area contributed by atoms with Crippen molar-refractivity contribution in [3.05, 3.63) is 26.5 Å². The highest BCUT2D eigenvalue weighted by atomic mass is 32.1. The van der Waals surface area contributed by atoms with Gasteiger partial charge in [-0.05, 0) is 18.0 Å². The molecule has 0 amide bonds. The fraction of sp³-hybridized carbons (Fsp3) is 0.444. The van der Waals surface area contributed by atoms with Gasteiger partial charge < -0.3 is 0 Å². The van der Waals surface area contributed by atoms with Gasteiger partial charge in [-0.2, -0.15) is 4.37 Å². The zero-order valence-corrected chi connectivity index (χ0v) is 9.35. The maximum Gasteiger partial charge on any atom is 0.329 e. The SMILES string of the molecule is CCCc1nsc2[nH]c(=O)n(C)c(=O)c12. The van der Waals surface area contributed by atoms with E-state index in [9.17, 15) is 9.59 Å². The van der Waals surface area contributed by atoms with Gasteiger partial charge in [0.1, 0.15) is 4.83 Å². The van der Waals surface area contributed by atoms with Gasteiger partial charge in [-0.15, -0.1) is 0 Å². The molecule has 0 bridgehead atoms. The van der Waals surface area contributed by atoms with Gasteiger partial charge in [-0.3, -0.25) is 14.3 Å². The molecule has 6 heteroatoms. The van der Waals surface area contributed by atoms with Crippen LogP contribution in [0.4, 0.5) is 0 Å². The summed E-state index contributed by atoms with van der Waals surface area (Å²) in [5, 5.41) is 0.559. The zero-order valence-electron chi connectivity index (χ0n) is 8.53. The molecule has 0 fully saturated rings. The first-order valence-corrected chi connectivity index (χ1v) is 5.50. The number of nitrogens with one attached hydrogen (secondary N) is 1. The molecule has 0 aliphatic carbocycles. The van der Waals surface area contributed by atoms with E-state index in [1.54, 1.807) is 0 Å². The Morgan fingerprint density at radius 3 is 2.87 bits per heavy atom. The van der Waals surface area contributed by atoms with Crippen molar-refractivity contribution in [3.8, 4) is 0 Å². The number of aromatic amines is 1. The van der Waals surface area contributed by atoms with E-state index in [2.05, 4.69) is 9.36 Å². The summed E-state index contributed by atoms with van der Waals surface area (Å²) in [4.78, 5) is 26.3. The molecule has 0 aliphatic heterocycles. The van der Waals surface area contributed by atoms with E-state index < -0.39 is 0 Å². The van der Waals surface area contributed by atoms with Crippen LogP contribution in [0.3, 0.4) is 0 Å². The Labute approximate surface area is 89.5 Å². The Morgan fingerprint density at radius 2 is 2.20 bits per heavy atom. The number of aryl methyl sites for hydroxylation is 1. The van der Waals surface area contributed by atoms with E-state index in [0.717, 1.165) is 23.1 Å². The molecule has 0 unspecified atom stereocenters. The smallest absolute Gasteiger partial charge is 0.297 e. The van der Waals surface area contributed by atoms with Gasteiger partial charge in [-0.1, -0.05) is 13.3 Å². The van der Waals surface area contributed by atoms with Crippen LogP contribution in [0.25, 0.3) is 10.2 Å². The van der Waals surface area contributed by atoms with Crippen LogP contribution in [0, 0.1) is 0 Å². The van der Waals surface area contributed by atoms with Crippen molar-refractivity contribution < 1.29 is 0 Å². The average Bonchev–Trinajstić information content (AvgIpc) is 2.59. The summed E-state index contributed by atoms with van der Waals surface area (Å²) < 4.78 is 5.27. The minimum absolute atomic E-state index is 0.258. The molecule has 0 spiro atoms. The van der Waals surface area contributed by atoms with Crippen molar-refractivity contribution in [2.45, 2.75) is 19.8 Å². The van der Waals surface area contributed by atoms with E-state index in [4.69, 9.17) is 0 Å². The first-order valence-electron chi connectivity index (χ1n) is 4.72. The number of fused-ring (bicyclic) bond motifs is 1. The Morgan fingerprint density at radius 1 is 1.47 bits per heavy atom. The lowest BCUT2D eigenvalue weighted by Gasteiger charge is -1.96. The molecule has 1 N–H and O–H groups in total. The number of hydrogen-bond acceptors (Lipinski definition) is 4. The van der Waals surface area contributed by atoms with Crippen LogP contribution < -0.4 is 11.2 Å². The van der Waals surface area contributed by atoms with E-state index in [0.29, 0.717) is 10.2 Å². The standard InChI is InChI=1S/C9H11N3O2S/c1-3-4-5-6-7(15-11-5)10-9(14)12(2)8(6)13/h3-4H2,1-2H3,(H,10,14). The van der Waals surface area contributed by atoms with Crippen molar-refractivity contribution >= 4 is 21.7 Å². The predicted molar refractivity (Wildman–Crippen MR) is 59.5 cm³/mol. The monoisotopic (exact) mass is 225 g/mol. The summed E-state index contributed by atoms with van der Waals surface area (Å²) in [6.45, 7) is 2.03. The lowest BCUT2D eigenvalue weighted by Crippen LogP contribution is -2.32. The largest absolute Gasteiger partial charge is 0.329 e. The molecule has 2 aromatic heterocycles. The van der Waals surface area contributed by atoms with E-state index in [1.807, 2.05) is 6.92 Å². The quantitative estimate of drug-likeness (QED) is 0.815. The summed E-state index contributed by atoms with van der Waals surface area (Å²) in [6.07, 6.45) is 1.70. The highest BCUT2D eigenvalue weighted by Crippen LogP contribution is 2.16. The molecule has 0 radical (unpaired) electrons. The van der Waals surface area contributed by atoms with Crippen LogP contribution >= 0.6 is 11.5 Å². The Kier molecular flexibility index (Phi) is 2.44. The van der Waals surface area contributed by atoms with Crippen molar-refractivity contribution in [1.82, 2.24) is 13.9 Å². The van der Waals surface area contributed by atoms with Crippen molar-refractivity contribution in [3.63, 3.8) is 0 Å². The predicted octanol–water partition coefficient (Wildman–Crippen LogP) is 0.636. The second-order valence-electron chi connectivity index (χ2n) is 3.38. The Balaban J connectivity index is 2.86. The molecule has 2 heterocycles. The van der Waals surface area contributed by atoms with Gasteiger partial charge >= 0.3 is 5.69 Å². The van der Waals surface area contributed by atoms with Crippen molar-refractivity contribution in [1.29, 1.82) is 0 Å². The highest BCUT2D eigenvalue weighted by Gasteiger charge is 2.12. The Hall–Kier alpha value is -1.43.